The predicted octanol–water partition coefficient (Wildman–Crippen LogP) is 3.40. The number of rotatable bonds is 3. The highest BCUT2D eigenvalue weighted by Crippen LogP contribution is 2.22. The van der Waals surface area contributed by atoms with E-state index >= 15 is 0 Å². The van der Waals surface area contributed by atoms with Gasteiger partial charge in [0.25, 0.3) is 5.91 Å². The van der Waals surface area contributed by atoms with E-state index in [-0.39, 0.29) is 5.91 Å². The van der Waals surface area contributed by atoms with E-state index in [4.69, 9.17) is 9.15 Å². The van der Waals surface area contributed by atoms with Crippen LogP contribution in [0.3, 0.4) is 0 Å². The largest absolute Gasteiger partial charge is 0.496 e. The number of hydrogen-bond acceptors (Lipinski definition) is 4. The number of aryl methyl sites for hydroxylation is 1. The maximum atomic E-state index is 12.3. The predicted molar refractivity (Wildman–Crippen MR) is 79.7 cm³/mol. The maximum absolute atomic E-state index is 12.3. The number of fused-ring (bicyclic) bond motifs is 1. The normalized spacial score (nSPS) is 10.6. The first-order chi connectivity index (χ1) is 10.2. The lowest BCUT2D eigenvalue weighted by Gasteiger charge is -2.08. The Balaban J connectivity index is 1.88. The van der Waals surface area contributed by atoms with Crippen LogP contribution in [0.1, 0.15) is 16.2 Å². The number of amides is 1. The first-order valence-electron chi connectivity index (χ1n) is 6.49. The second-order valence-corrected chi connectivity index (χ2v) is 4.57. The summed E-state index contributed by atoms with van der Waals surface area (Å²) in [5.74, 6) is 0.901. The zero-order chi connectivity index (χ0) is 14.8. The highest BCUT2D eigenvalue weighted by atomic mass is 16.5. The molecule has 1 N–H and O–H groups in total. The van der Waals surface area contributed by atoms with Crippen molar-refractivity contribution in [2.75, 3.05) is 12.4 Å². The summed E-state index contributed by atoms with van der Waals surface area (Å²) in [4.78, 5) is 16.5. The number of nitrogens with one attached hydrogen (secondary N) is 1. The first-order valence-corrected chi connectivity index (χ1v) is 6.49. The molecule has 0 aliphatic carbocycles. The molecule has 0 saturated carbocycles. The van der Waals surface area contributed by atoms with Crippen LogP contribution in [0.15, 0.2) is 46.9 Å². The molecule has 0 aliphatic rings. The summed E-state index contributed by atoms with van der Waals surface area (Å²) in [5, 5.41) is 2.83. The van der Waals surface area contributed by atoms with Crippen molar-refractivity contribution in [1.29, 1.82) is 0 Å². The summed E-state index contributed by atoms with van der Waals surface area (Å²) in [7, 11) is 1.54. The number of aromatic nitrogens is 1. The molecule has 0 fully saturated rings. The van der Waals surface area contributed by atoms with E-state index in [1.165, 1.54) is 7.11 Å². The van der Waals surface area contributed by atoms with Gasteiger partial charge in [0.05, 0.1) is 12.7 Å². The molecule has 0 atom stereocenters. The topological polar surface area (TPSA) is 64.4 Å². The fourth-order valence-corrected chi connectivity index (χ4v) is 2.15. The molecule has 1 amide bonds. The molecule has 5 heteroatoms. The van der Waals surface area contributed by atoms with Crippen LogP contribution in [-0.4, -0.2) is 18.0 Å². The number of oxazole rings is 1. The summed E-state index contributed by atoms with van der Waals surface area (Å²) in [6.07, 6.45) is 0. The lowest BCUT2D eigenvalue weighted by atomic mass is 10.2. The molecule has 106 valence electrons. The van der Waals surface area contributed by atoms with Crippen LogP contribution in [0, 0.1) is 6.92 Å². The van der Waals surface area contributed by atoms with Crippen molar-refractivity contribution in [2.45, 2.75) is 6.92 Å². The van der Waals surface area contributed by atoms with Crippen LogP contribution >= 0.6 is 0 Å². The second-order valence-electron chi connectivity index (χ2n) is 4.57. The van der Waals surface area contributed by atoms with Gasteiger partial charge in [0.2, 0.25) is 0 Å². The Labute approximate surface area is 121 Å². The van der Waals surface area contributed by atoms with Gasteiger partial charge in [0, 0.05) is 12.6 Å². The van der Waals surface area contributed by atoms with Gasteiger partial charge in [-0.3, -0.25) is 4.79 Å². The number of para-hydroxylation sites is 1. The van der Waals surface area contributed by atoms with Gasteiger partial charge in [0.1, 0.15) is 11.3 Å². The zero-order valence-electron chi connectivity index (χ0n) is 11.7. The average molecular weight is 282 g/mol. The molecular weight excluding hydrogens is 268 g/mol. The van der Waals surface area contributed by atoms with Gasteiger partial charge in [-0.1, -0.05) is 12.1 Å². The number of carbonyl (C=O) groups is 1. The minimum atomic E-state index is -0.230. The van der Waals surface area contributed by atoms with Crippen LogP contribution in [0.25, 0.3) is 11.1 Å². The Bertz CT molecular complexity index is 808. The van der Waals surface area contributed by atoms with Crippen molar-refractivity contribution in [2.24, 2.45) is 0 Å². The van der Waals surface area contributed by atoms with Crippen molar-refractivity contribution >= 4 is 22.7 Å². The van der Waals surface area contributed by atoms with Crippen molar-refractivity contribution < 1.29 is 13.9 Å². The molecule has 0 saturated heterocycles. The minimum Gasteiger partial charge on any atom is -0.496 e. The van der Waals surface area contributed by atoms with Gasteiger partial charge >= 0.3 is 0 Å². The molecule has 2 aromatic carbocycles. The average Bonchev–Trinajstić information content (AvgIpc) is 2.86. The summed E-state index contributed by atoms with van der Waals surface area (Å²) in [6.45, 7) is 1.78. The number of carbonyl (C=O) groups excluding carboxylic acids is 1. The van der Waals surface area contributed by atoms with E-state index < -0.39 is 0 Å². The molecule has 3 rings (SSSR count). The maximum Gasteiger partial charge on any atom is 0.259 e. The second kappa shape index (κ2) is 5.28. The van der Waals surface area contributed by atoms with Crippen molar-refractivity contribution in [3.63, 3.8) is 0 Å². The number of methoxy groups -OCH3 is 1. The molecule has 5 nitrogen and oxygen atoms in total. The Morgan fingerprint density at radius 2 is 2.05 bits per heavy atom. The molecule has 21 heavy (non-hydrogen) atoms. The van der Waals surface area contributed by atoms with E-state index in [1.807, 2.05) is 6.07 Å². The molecular formula is C16H14N2O3. The Morgan fingerprint density at radius 3 is 2.86 bits per heavy atom. The molecule has 0 spiro atoms. The van der Waals surface area contributed by atoms with Gasteiger partial charge in [-0.2, -0.15) is 0 Å². The van der Waals surface area contributed by atoms with Crippen molar-refractivity contribution in [3.8, 4) is 5.75 Å². The lowest BCUT2D eigenvalue weighted by molar-refractivity contribution is 0.102. The van der Waals surface area contributed by atoms with Gasteiger partial charge in [0.15, 0.2) is 11.5 Å². The van der Waals surface area contributed by atoms with Crippen LogP contribution in [0.4, 0.5) is 5.69 Å². The van der Waals surface area contributed by atoms with E-state index in [0.29, 0.717) is 34.0 Å². The van der Waals surface area contributed by atoms with Crippen LogP contribution in [0.2, 0.25) is 0 Å². The Kier molecular flexibility index (Phi) is 3.31. The van der Waals surface area contributed by atoms with E-state index in [1.54, 1.807) is 43.3 Å². The zero-order valence-corrected chi connectivity index (χ0v) is 11.7. The Morgan fingerprint density at radius 1 is 1.24 bits per heavy atom. The van der Waals surface area contributed by atoms with E-state index in [9.17, 15) is 4.79 Å². The standard InChI is InChI=1S/C16H14N2O3/c1-10-17-13-9-11(7-8-15(13)21-10)18-16(19)12-5-3-4-6-14(12)20-2/h3-9H,1-2H3,(H,18,19). The van der Waals surface area contributed by atoms with E-state index in [0.717, 1.165) is 0 Å². The molecule has 0 aliphatic heterocycles. The first kappa shape index (κ1) is 13.2. The van der Waals surface area contributed by atoms with Crippen LogP contribution in [0.5, 0.6) is 5.75 Å². The molecule has 0 unspecified atom stereocenters. The highest BCUT2D eigenvalue weighted by molar-refractivity contribution is 6.06. The highest BCUT2D eigenvalue weighted by Gasteiger charge is 2.12. The SMILES string of the molecule is COc1ccccc1C(=O)Nc1ccc2oc(C)nc2c1. The van der Waals surface area contributed by atoms with Gasteiger partial charge in [-0.25, -0.2) is 4.98 Å². The number of benzene rings is 2. The minimum absolute atomic E-state index is 0.230. The Hall–Kier alpha value is -2.82. The lowest BCUT2D eigenvalue weighted by Crippen LogP contribution is -2.13. The quantitative estimate of drug-likeness (QED) is 0.799. The molecule has 0 bridgehead atoms. The monoisotopic (exact) mass is 282 g/mol. The number of anilines is 1. The summed E-state index contributed by atoms with van der Waals surface area (Å²) in [6, 6.07) is 12.4. The van der Waals surface area contributed by atoms with Crippen molar-refractivity contribution in [3.05, 3.63) is 53.9 Å². The van der Waals surface area contributed by atoms with Gasteiger partial charge in [-0.05, 0) is 30.3 Å². The summed E-state index contributed by atoms with van der Waals surface area (Å²) >= 11 is 0. The summed E-state index contributed by atoms with van der Waals surface area (Å²) in [5.41, 5.74) is 2.55. The summed E-state index contributed by atoms with van der Waals surface area (Å²) < 4.78 is 10.6. The van der Waals surface area contributed by atoms with Crippen LogP contribution < -0.4 is 10.1 Å². The number of hydrogen-bond donors (Lipinski definition) is 1. The molecule has 0 radical (unpaired) electrons. The number of nitrogens with zero attached hydrogens (tertiary/aromatic N) is 1. The fraction of sp³-hybridized carbons (Fsp3) is 0.125. The van der Waals surface area contributed by atoms with Crippen LogP contribution in [-0.2, 0) is 0 Å². The van der Waals surface area contributed by atoms with Crippen molar-refractivity contribution in [1.82, 2.24) is 4.98 Å². The number of ether oxygens (including phenoxy) is 1. The molecule has 1 aromatic heterocycles. The third-order valence-electron chi connectivity index (χ3n) is 3.10. The smallest absolute Gasteiger partial charge is 0.259 e. The third-order valence-corrected chi connectivity index (χ3v) is 3.10. The van der Waals surface area contributed by atoms with Gasteiger partial charge in [-0.15, -0.1) is 0 Å². The fourth-order valence-electron chi connectivity index (χ4n) is 2.15. The third kappa shape index (κ3) is 2.58. The van der Waals surface area contributed by atoms with E-state index in [2.05, 4.69) is 10.3 Å². The van der Waals surface area contributed by atoms with Gasteiger partial charge < -0.3 is 14.5 Å². The molecule has 3 aromatic rings. The molecule has 1 heterocycles.